The van der Waals surface area contributed by atoms with Gasteiger partial charge in [0.25, 0.3) is 11.1 Å². The second-order valence-corrected chi connectivity index (χ2v) is 5.86. The lowest BCUT2D eigenvalue weighted by Gasteiger charge is -2.18. The zero-order valence-electron chi connectivity index (χ0n) is 12.6. The Morgan fingerprint density at radius 2 is 1.83 bits per heavy atom. The van der Waals surface area contributed by atoms with Gasteiger partial charge in [-0.3, -0.25) is 14.5 Å². The number of rotatable bonds is 3. The fraction of sp³-hybridized carbons (Fsp3) is 0.267. The normalized spacial score (nSPS) is 18.2. The van der Waals surface area contributed by atoms with Gasteiger partial charge in [0, 0.05) is 0 Å². The number of amides is 2. The van der Waals surface area contributed by atoms with Crippen molar-refractivity contribution in [3.8, 4) is 0 Å². The molecule has 0 N–H and O–H groups in total. The van der Waals surface area contributed by atoms with Crippen molar-refractivity contribution in [1.82, 2.24) is 4.90 Å². The third-order valence-electron chi connectivity index (χ3n) is 3.29. The monoisotopic (exact) mass is 359 g/mol. The summed E-state index contributed by atoms with van der Waals surface area (Å²) in [4.78, 5) is 36.4. The average molecular weight is 359 g/mol. The second-order valence-electron chi connectivity index (χ2n) is 4.87. The number of benzene rings is 1. The number of imide groups is 1. The molecule has 1 atom stereocenters. The van der Waals surface area contributed by atoms with Gasteiger partial charge in [-0.2, -0.15) is 13.2 Å². The number of methoxy groups -OCH3 is 1. The van der Waals surface area contributed by atoms with Crippen LogP contribution in [0, 0.1) is 0 Å². The van der Waals surface area contributed by atoms with E-state index < -0.39 is 34.9 Å². The van der Waals surface area contributed by atoms with Crippen LogP contribution in [0.3, 0.4) is 0 Å². The van der Waals surface area contributed by atoms with E-state index in [4.69, 9.17) is 0 Å². The molecule has 24 heavy (non-hydrogen) atoms. The molecule has 1 unspecified atom stereocenters. The lowest BCUT2D eigenvalue weighted by Crippen LogP contribution is -2.42. The van der Waals surface area contributed by atoms with Crippen molar-refractivity contribution in [3.63, 3.8) is 0 Å². The fourth-order valence-corrected chi connectivity index (χ4v) is 2.92. The fourth-order valence-electron chi connectivity index (χ4n) is 2.01. The first kappa shape index (κ1) is 18.1. The molecule has 0 bridgehead atoms. The molecule has 0 saturated carbocycles. The van der Waals surface area contributed by atoms with Crippen LogP contribution in [0.2, 0.25) is 0 Å². The molecule has 0 spiro atoms. The smallest absolute Gasteiger partial charge is 0.416 e. The number of hydrogen-bond acceptors (Lipinski definition) is 5. The van der Waals surface area contributed by atoms with Crippen molar-refractivity contribution in [3.05, 3.63) is 40.3 Å². The first-order chi connectivity index (χ1) is 11.1. The van der Waals surface area contributed by atoms with Gasteiger partial charge in [-0.05, 0) is 42.5 Å². The molecule has 1 aromatic carbocycles. The van der Waals surface area contributed by atoms with Gasteiger partial charge >= 0.3 is 12.1 Å². The summed E-state index contributed by atoms with van der Waals surface area (Å²) in [6.07, 6.45) is -3.15. The van der Waals surface area contributed by atoms with Gasteiger partial charge in [0.15, 0.2) is 0 Å². The molecular weight excluding hydrogens is 347 g/mol. The van der Waals surface area contributed by atoms with Crippen LogP contribution >= 0.6 is 11.8 Å². The molecule has 5 nitrogen and oxygen atoms in total. The Morgan fingerprint density at radius 3 is 2.33 bits per heavy atom. The van der Waals surface area contributed by atoms with Gasteiger partial charge in [0.2, 0.25) is 0 Å². The maximum Gasteiger partial charge on any atom is 0.416 e. The van der Waals surface area contributed by atoms with E-state index in [1.165, 1.54) is 25.1 Å². The molecule has 1 fully saturated rings. The van der Waals surface area contributed by atoms with Crippen LogP contribution in [-0.4, -0.2) is 35.2 Å². The molecule has 2 rings (SSSR count). The van der Waals surface area contributed by atoms with Crippen LogP contribution in [0.15, 0.2) is 29.2 Å². The number of thioether (sulfide) groups is 1. The summed E-state index contributed by atoms with van der Waals surface area (Å²) in [7, 11) is 1.13. The summed E-state index contributed by atoms with van der Waals surface area (Å²) in [5.74, 6) is -1.43. The molecule has 2 amide bonds. The molecule has 0 radical (unpaired) electrons. The number of ether oxygens (including phenoxy) is 1. The highest BCUT2D eigenvalue weighted by atomic mass is 32.2. The summed E-state index contributed by atoms with van der Waals surface area (Å²) in [6, 6.07) is 3.07. The van der Waals surface area contributed by atoms with Gasteiger partial charge in [-0.25, -0.2) is 4.79 Å². The highest BCUT2D eigenvalue weighted by molar-refractivity contribution is 8.18. The van der Waals surface area contributed by atoms with Crippen LogP contribution in [0.5, 0.6) is 0 Å². The molecule has 1 saturated heterocycles. The Balaban J connectivity index is 2.24. The van der Waals surface area contributed by atoms with Crippen LogP contribution in [-0.2, 0) is 20.5 Å². The van der Waals surface area contributed by atoms with Crippen molar-refractivity contribution in [1.29, 1.82) is 0 Å². The lowest BCUT2D eigenvalue weighted by atomic mass is 10.1. The number of hydrogen-bond donors (Lipinski definition) is 0. The van der Waals surface area contributed by atoms with Gasteiger partial charge < -0.3 is 4.74 Å². The first-order valence-electron chi connectivity index (χ1n) is 6.67. The van der Waals surface area contributed by atoms with E-state index in [2.05, 4.69) is 4.74 Å². The quantitative estimate of drug-likeness (QED) is 0.612. The minimum absolute atomic E-state index is 0.0236. The van der Waals surface area contributed by atoms with E-state index >= 15 is 0 Å². The molecular formula is C15H12F3NO4S. The number of alkyl halides is 3. The van der Waals surface area contributed by atoms with Crippen LogP contribution in [0.25, 0.3) is 6.08 Å². The summed E-state index contributed by atoms with van der Waals surface area (Å²) in [5, 5.41) is -0.643. The van der Waals surface area contributed by atoms with Gasteiger partial charge in [-0.1, -0.05) is 12.1 Å². The number of carbonyl (C=O) groups excluding carboxylic acids is 3. The van der Waals surface area contributed by atoms with Crippen molar-refractivity contribution >= 4 is 35.0 Å². The van der Waals surface area contributed by atoms with Crippen molar-refractivity contribution < 1.29 is 32.3 Å². The zero-order valence-corrected chi connectivity index (χ0v) is 13.4. The molecule has 0 aromatic heterocycles. The van der Waals surface area contributed by atoms with Gasteiger partial charge in [0.05, 0.1) is 17.6 Å². The van der Waals surface area contributed by atoms with Crippen LogP contribution in [0.4, 0.5) is 18.0 Å². The number of carbonyl (C=O) groups is 3. The highest BCUT2D eigenvalue weighted by Gasteiger charge is 2.41. The molecule has 128 valence electrons. The maximum atomic E-state index is 12.5. The van der Waals surface area contributed by atoms with Gasteiger partial charge in [-0.15, -0.1) is 0 Å². The summed E-state index contributed by atoms with van der Waals surface area (Å²) >= 11 is 0.611. The summed E-state index contributed by atoms with van der Waals surface area (Å²) in [5.41, 5.74) is -0.480. The average Bonchev–Trinajstić information content (AvgIpc) is 2.79. The lowest BCUT2D eigenvalue weighted by molar-refractivity contribution is -0.148. The van der Waals surface area contributed by atoms with Crippen LogP contribution < -0.4 is 0 Å². The largest absolute Gasteiger partial charge is 0.467 e. The SMILES string of the molecule is COC(=O)C(C)N1C(=O)S/C(=C/c2ccc(C(F)(F)F)cc2)C1=O. The molecule has 1 aliphatic rings. The van der Waals surface area contributed by atoms with Gasteiger partial charge in [0.1, 0.15) is 6.04 Å². The van der Waals surface area contributed by atoms with E-state index in [0.717, 1.165) is 24.1 Å². The Kier molecular flexibility index (Phi) is 5.02. The van der Waals surface area contributed by atoms with Crippen LogP contribution in [0.1, 0.15) is 18.1 Å². The van der Waals surface area contributed by atoms with Crippen molar-refractivity contribution in [2.75, 3.05) is 7.11 Å². The summed E-state index contributed by atoms with van der Waals surface area (Å²) in [6.45, 7) is 1.35. The minimum Gasteiger partial charge on any atom is -0.467 e. The maximum absolute atomic E-state index is 12.5. The molecule has 0 aliphatic carbocycles. The van der Waals surface area contributed by atoms with E-state index in [0.29, 0.717) is 17.3 Å². The van der Waals surface area contributed by atoms with Crippen molar-refractivity contribution in [2.45, 2.75) is 19.1 Å². The van der Waals surface area contributed by atoms with E-state index in [-0.39, 0.29) is 4.91 Å². The standard InChI is InChI=1S/C15H12F3NO4S/c1-8(13(21)23-2)19-12(20)11(24-14(19)22)7-9-3-5-10(6-4-9)15(16,17)18/h3-8H,1-2H3/b11-7+. The van der Waals surface area contributed by atoms with E-state index in [1.54, 1.807) is 0 Å². The molecule has 9 heteroatoms. The topological polar surface area (TPSA) is 63.7 Å². The number of halogens is 3. The Bertz CT molecular complexity index is 712. The predicted molar refractivity (Wildman–Crippen MR) is 80.7 cm³/mol. The Morgan fingerprint density at radius 1 is 1.25 bits per heavy atom. The minimum atomic E-state index is -4.45. The Labute approximate surface area is 139 Å². The molecule has 1 aromatic rings. The van der Waals surface area contributed by atoms with Crippen molar-refractivity contribution in [2.24, 2.45) is 0 Å². The molecule has 1 heterocycles. The highest BCUT2D eigenvalue weighted by Crippen LogP contribution is 2.34. The third kappa shape index (κ3) is 3.61. The molecule has 1 aliphatic heterocycles. The summed E-state index contributed by atoms with van der Waals surface area (Å²) < 4.78 is 42.1. The number of esters is 1. The van der Waals surface area contributed by atoms with E-state index in [9.17, 15) is 27.6 Å². The third-order valence-corrected chi connectivity index (χ3v) is 4.17. The second kappa shape index (κ2) is 6.68. The zero-order chi connectivity index (χ0) is 18.1. The number of nitrogens with zero attached hydrogens (tertiary/aromatic N) is 1. The predicted octanol–water partition coefficient (Wildman–Crippen LogP) is 3.30. The Hall–Kier alpha value is -2.29. The first-order valence-corrected chi connectivity index (χ1v) is 7.49. The van der Waals surface area contributed by atoms with E-state index in [1.807, 2.05) is 0 Å².